The Balaban J connectivity index is 2.20. The average Bonchev–Trinajstić information content (AvgIpc) is 2.43. The molecule has 1 rings (SSSR count). The van der Waals surface area contributed by atoms with Gasteiger partial charge >= 0.3 is 6.03 Å². The number of piperidine rings is 1. The van der Waals surface area contributed by atoms with E-state index in [9.17, 15) is 4.79 Å². The van der Waals surface area contributed by atoms with Gasteiger partial charge in [-0.1, -0.05) is 13.8 Å². The van der Waals surface area contributed by atoms with Crippen LogP contribution in [0.25, 0.3) is 0 Å². The largest absolute Gasteiger partial charge is 0.396 e. The van der Waals surface area contributed by atoms with Crippen molar-refractivity contribution < 1.29 is 15.0 Å². The highest BCUT2D eigenvalue weighted by atomic mass is 16.3. The van der Waals surface area contributed by atoms with Gasteiger partial charge in [-0.2, -0.15) is 0 Å². The van der Waals surface area contributed by atoms with Crippen molar-refractivity contribution in [3.63, 3.8) is 0 Å². The zero-order valence-corrected chi connectivity index (χ0v) is 12.2. The molecule has 0 aromatic rings. The Hall–Kier alpha value is -0.810. The summed E-state index contributed by atoms with van der Waals surface area (Å²) in [5, 5.41) is 21.2. The van der Waals surface area contributed by atoms with Crippen molar-refractivity contribution in [2.75, 3.05) is 32.8 Å². The van der Waals surface area contributed by atoms with Crippen molar-refractivity contribution in [2.24, 2.45) is 11.3 Å². The van der Waals surface area contributed by atoms with Gasteiger partial charge in [0.25, 0.3) is 0 Å². The number of urea groups is 1. The lowest BCUT2D eigenvalue weighted by Crippen LogP contribution is -2.46. The molecule has 19 heavy (non-hydrogen) atoms. The molecule has 0 radical (unpaired) electrons. The number of carbonyl (C=O) groups is 1. The van der Waals surface area contributed by atoms with Crippen LogP contribution in [-0.4, -0.2) is 54.0 Å². The van der Waals surface area contributed by atoms with Crippen molar-refractivity contribution in [3.05, 3.63) is 0 Å². The minimum absolute atomic E-state index is 0.0278. The predicted octanol–water partition coefficient (Wildman–Crippen LogP) is 1.20. The lowest BCUT2D eigenvalue weighted by atomic mass is 9.89. The molecule has 0 aliphatic carbocycles. The molecule has 1 saturated heterocycles. The van der Waals surface area contributed by atoms with Crippen LogP contribution in [0.15, 0.2) is 0 Å². The number of hydrogen-bond acceptors (Lipinski definition) is 3. The van der Waals surface area contributed by atoms with Crippen molar-refractivity contribution >= 4 is 6.03 Å². The summed E-state index contributed by atoms with van der Waals surface area (Å²) < 4.78 is 0. The summed E-state index contributed by atoms with van der Waals surface area (Å²) in [6, 6.07) is -0.0278. The van der Waals surface area contributed by atoms with Gasteiger partial charge in [-0.15, -0.1) is 0 Å². The lowest BCUT2D eigenvalue weighted by molar-refractivity contribution is 0.128. The maximum atomic E-state index is 11.9. The van der Waals surface area contributed by atoms with Crippen molar-refractivity contribution in [3.8, 4) is 0 Å². The van der Waals surface area contributed by atoms with Crippen LogP contribution >= 0.6 is 0 Å². The molecular formula is C14H28N2O3. The van der Waals surface area contributed by atoms with E-state index in [1.165, 1.54) is 0 Å². The molecule has 1 atom stereocenters. The highest BCUT2D eigenvalue weighted by Gasteiger charge is 2.23. The summed E-state index contributed by atoms with van der Waals surface area (Å²) in [6.07, 6.45) is 3.74. The Bertz CT molecular complexity index is 282. The molecule has 1 fully saturated rings. The van der Waals surface area contributed by atoms with Crippen LogP contribution in [0, 0.1) is 11.3 Å². The number of aliphatic hydroxyl groups excluding tert-OH is 2. The number of rotatable bonds is 6. The summed E-state index contributed by atoms with van der Waals surface area (Å²) in [5.74, 6) is 0.229. The molecule has 1 unspecified atom stereocenters. The Morgan fingerprint density at radius 1 is 1.42 bits per heavy atom. The first-order valence-corrected chi connectivity index (χ1v) is 7.23. The van der Waals surface area contributed by atoms with Crippen LogP contribution in [0.2, 0.25) is 0 Å². The number of hydrogen-bond donors (Lipinski definition) is 3. The molecule has 2 amide bonds. The number of nitrogens with one attached hydrogen (secondary N) is 1. The highest BCUT2D eigenvalue weighted by molar-refractivity contribution is 5.74. The Labute approximate surface area is 116 Å². The third-order valence-electron chi connectivity index (χ3n) is 3.80. The second-order valence-corrected chi connectivity index (χ2v) is 6.29. The van der Waals surface area contributed by atoms with Gasteiger partial charge in [0.15, 0.2) is 0 Å². The molecule has 5 nitrogen and oxygen atoms in total. The fourth-order valence-corrected chi connectivity index (χ4v) is 2.35. The molecule has 0 saturated carbocycles. The van der Waals surface area contributed by atoms with Crippen molar-refractivity contribution in [2.45, 2.75) is 39.5 Å². The SMILES string of the molecule is CC(C)(CO)CCCNC(=O)N1CCCC(CO)C1. The highest BCUT2D eigenvalue weighted by Crippen LogP contribution is 2.20. The van der Waals surface area contributed by atoms with Gasteiger partial charge in [0, 0.05) is 32.8 Å². The van der Waals surface area contributed by atoms with E-state index in [1.54, 1.807) is 4.90 Å². The molecule has 112 valence electrons. The maximum absolute atomic E-state index is 11.9. The molecule has 3 N–H and O–H groups in total. The molecule has 5 heteroatoms. The first-order chi connectivity index (χ1) is 8.98. The summed E-state index contributed by atoms with van der Waals surface area (Å²) in [5.41, 5.74) is -0.0716. The number of likely N-dealkylation sites (tertiary alicyclic amines) is 1. The fourth-order valence-electron chi connectivity index (χ4n) is 2.35. The molecule has 1 aliphatic heterocycles. The second-order valence-electron chi connectivity index (χ2n) is 6.29. The van der Waals surface area contributed by atoms with Crippen molar-refractivity contribution in [1.29, 1.82) is 0 Å². The lowest BCUT2D eigenvalue weighted by Gasteiger charge is -2.32. The van der Waals surface area contributed by atoms with Gasteiger partial charge in [-0.3, -0.25) is 0 Å². The molecule has 0 aromatic carbocycles. The summed E-state index contributed by atoms with van der Waals surface area (Å²) in [4.78, 5) is 13.7. The first-order valence-electron chi connectivity index (χ1n) is 7.23. The van der Waals surface area contributed by atoms with Crippen LogP contribution in [0.5, 0.6) is 0 Å². The summed E-state index contributed by atoms with van der Waals surface area (Å²) in [6.45, 7) is 6.45. The standard InChI is InChI=1S/C14H28N2O3/c1-14(2,11-18)6-4-7-15-13(19)16-8-3-5-12(9-16)10-17/h12,17-18H,3-11H2,1-2H3,(H,15,19). The Morgan fingerprint density at radius 3 is 2.79 bits per heavy atom. The molecule has 1 aliphatic rings. The number of carbonyl (C=O) groups excluding carboxylic acids is 1. The van der Waals surface area contributed by atoms with E-state index in [-0.39, 0.29) is 30.6 Å². The Morgan fingerprint density at radius 2 is 2.16 bits per heavy atom. The smallest absolute Gasteiger partial charge is 0.317 e. The predicted molar refractivity (Wildman–Crippen MR) is 74.9 cm³/mol. The summed E-state index contributed by atoms with van der Waals surface area (Å²) in [7, 11) is 0. The van der Waals surface area contributed by atoms with E-state index in [1.807, 2.05) is 13.8 Å². The third-order valence-corrected chi connectivity index (χ3v) is 3.80. The van der Waals surface area contributed by atoms with Crippen LogP contribution in [-0.2, 0) is 0 Å². The van der Waals surface area contributed by atoms with Crippen LogP contribution in [0.1, 0.15) is 39.5 Å². The van der Waals surface area contributed by atoms with Crippen LogP contribution in [0.4, 0.5) is 4.79 Å². The van der Waals surface area contributed by atoms with E-state index in [0.29, 0.717) is 13.1 Å². The third kappa shape index (κ3) is 5.78. The molecule has 0 aromatic heterocycles. The molecule has 0 spiro atoms. The van der Waals surface area contributed by atoms with Crippen LogP contribution < -0.4 is 5.32 Å². The van der Waals surface area contributed by atoms with Gasteiger partial charge in [-0.25, -0.2) is 4.79 Å². The van der Waals surface area contributed by atoms with E-state index in [2.05, 4.69) is 5.32 Å². The summed E-state index contributed by atoms with van der Waals surface area (Å²) >= 11 is 0. The van der Waals surface area contributed by atoms with Crippen LogP contribution in [0.3, 0.4) is 0 Å². The molecule has 0 bridgehead atoms. The van der Waals surface area contributed by atoms with Crippen molar-refractivity contribution in [1.82, 2.24) is 10.2 Å². The first kappa shape index (κ1) is 16.2. The minimum Gasteiger partial charge on any atom is -0.396 e. The van der Waals surface area contributed by atoms with E-state index in [0.717, 1.165) is 32.2 Å². The number of aliphatic hydroxyl groups is 2. The number of nitrogens with zero attached hydrogens (tertiary/aromatic N) is 1. The molecule has 1 heterocycles. The fraction of sp³-hybridized carbons (Fsp3) is 0.929. The van der Waals surface area contributed by atoms with Gasteiger partial charge in [0.2, 0.25) is 0 Å². The zero-order valence-electron chi connectivity index (χ0n) is 12.2. The van der Waals surface area contributed by atoms with Gasteiger partial charge in [-0.05, 0) is 37.0 Å². The van der Waals surface area contributed by atoms with Gasteiger partial charge in [0.05, 0.1) is 0 Å². The second kappa shape index (κ2) is 7.70. The average molecular weight is 272 g/mol. The van der Waals surface area contributed by atoms with E-state index >= 15 is 0 Å². The minimum atomic E-state index is -0.0716. The number of amides is 2. The monoisotopic (exact) mass is 272 g/mol. The van der Waals surface area contributed by atoms with Gasteiger partial charge < -0.3 is 20.4 Å². The molecular weight excluding hydrogens is 244 g/mol. The van der Waals surface area contributed by atoms with E-state index < -0.39 is 0 Å². The normalized spacial score (nSPS) is 20.4. The van der Waals surface area contributed by atoms with Gasteiger partial charge in [0.1, 0.15) is 0 Å². The zero-order chi connectivity index (χ0) is 14.3. The quantitative estimate of drug-likeness (QED) is 0.636. The topological polar surface area (TPSA) is 72.8 Å². The van der Waals surface area contributed by atoms with E-state index in [4.69, 9.17) is 10.2 Å². The Kier molecular flexibility index (Phi) is 6.58. The maximum Gasteiger partial charge on any atom is 0.317 e.